The molecule has 192 valence electrons. The summed E-state index contributed by atoms with van der Waals surface area (Å²) >= 11 is 0. The van der Waals surface area contributed by atoms with Gasteiger partial charge in [0.05, 0.1) is 5.39 Å². The second kappa shape index (κ2) is 10.5. The zero-order valence-corrected chi connectivity index (χ0v) is 21.4. The van der Waals surface area contributed by atoms with E-state index >= 15 is 0 Å². The summed E-state index contributed by atoms with van der Waals surface area (Å²) in [5.41, 5.74) is 11.9. The Kier molecular flexibility index (Phi) is 6.81. The summed E-state index contributed by atoms with van der Waals surface area (Å²) in [6.07, 6.45) is 6.10. The van der Waals surface area contributed by atoms with Crippen LogP contribution in [0.3, 0.4) is 0 Å². The van der Waals surface area contributed by atoms with Crippen LogP contribution in [0.1, 0.15) is 43.0 Å². The first-order chi connectivity index (χ1) is 18.2. The topological polar surface area (TPSA) is 87.2 Å². The molecule has 1 aliphatic heterocycles. The van der Waals surface area contributed by atoms with Crippen LogP contribution in [0, 0.1) is 12.8 Å². The van der Waals surface area contributed by atoms with Crippen LogP contribution in [0.2, 0.25) is 0 Å². The predicted molar refractivity (Wildman–Crippen MR) is 146 cm³/mol. The summed E-state index contributed by atoms with van der Waals surface area (Å²) < 4.78 is 14.0. The first-order valence-corrected chi connectivity index (χ1v) is 13.4. The maximum atomic E-state index is 6.45. The van der Waals surface area contributed by atoms with Crippen LogP contribution in [0.15, 0.2) is 60.9 Å². The van der Waals surface area contributed by atoms with E-state index in [1.807, 2.05) is 30.3 Å². The van der Waals surface area contributed by atoms with Gasteiger partial charge in [0.1, 0.15) is 30.1 Å². The van der Waals surface area contributed by atoms with Crippen molar-refractivity contribution in [2.45, 2.75) is 51.3 Å². The van der Waals surface area contributed by atoms with Crippen molar-refractivity contribution in [2.24, 2.45) is 5.92 Å². The largest absolute Gasteiger partial charge is 0.489 e. The summed E-state index contributed by atoms with van der Waals surface area (Å²) in [4.78, 5) is 9.05. The molecule has 2 aromatic heterocycles. The minimum absolute atomic E-state index is 0.421. The van der Waals surface area contributed by atoms with Gasteiger partial charge in [-0.3, -0.25) is 0 Å². The number of nitrogens with two attached hydrogens (primary N) is 1. The van der Waals surface area contributed by atoms with Gasteiger partial charge in [0.15, 0.2) is 0 Å². The van der Waals surface area contributed by atoms with E-state index in [0.29, 0.717) is 30.4 Å². The fourth-order valence-corrected chi connectivity index (χ4v) is 5.87. The highest BCUT2D eigenvalue weighted by atomic mass is 16.5. The third-order valence-corrected chi connectivity index (χ3v) is 7.92. The zero-order valence-electron chi connectivity index (χ0n) is 21.4. The second-order valence-electron chi connectivity index (χ2n) is 10.4. The summed E-state index contributed by atoms with van der Waals surface area (Å²) in [6.45, 7) is 5.54. The van der Waals surface area contributed by atoms with Gasteiger partial charge in [-0.25, -0.2) is 9.97 Å². The molecule has 3 N–H and O–H groups in total. The van der Waals surface area contributed by atoms with Crippen molar-refractivity contribution in [1.82, 2.24) is 19.9 Å². The Morgan fingerprint density at radius 2 is 1.86 bits per heavy atom. The third-order valence-electron chi connectivity index (χ3n) is 7.92. The van der Waals surface area contributed by atoms with E-state index in [4.69, 9.17) is 20.2 Å². The summed E-state index contributed by atoms with van der Waals surface area (Å²) in [6, 6.07) is 19.5. The van der Waals surface area contributed by atoms with E-state index in [0.717, 1.165) is 78.9 Å². The molecule has 4 aromatic rings. The number of nitrogens with zero attached hydrogens (tertiary/aromatic N) is 3. The number of nitrogens with one attached hydrogen (secondary N) is 1. The maximum Gasteiger partial charge on any atom is 0.146 e. The van der Waals surface area contributed by atoms with Crippen LogP contribution >= 0.6 is 0 Å². The van der Waals surface area contributed by atoms with E-state index in [1.54, 1.807) is 6.33 Å². The average molecular weight is 498 g/mol. The molecule has 1 saturated carbocycles. The van der Waals surface area contributed by atoms with Gasteiger partial charge in [-0.2, -0.15) is 0 Å². The number of rotatable bonds is 8. The van der Waals surface area contributed by atoms with Crippen LogP contribution in [-0.4, -0.2) is 40.3 Å². The van der Waals surface area contributed by atoms with Gasteiger partial charge >= 0.3 is 0 Å². The van der Waals surface area contributed by atoms with Crippen molar-refractivity contribution in [1.29, 1.82) is 0 Å². The highest BCUT2D eigenvalue weighted by Crippen LogP contribution is 2.45. The number of hydrogen-bond acceptors (Lipinski definition) is 6. The molecule has 0 atom stereocenters. The zero-order chi connectivity index (χ0) is 25.2. The lowest BCUT2D eigenvalue weighted by Gasteiger charge is -2.38. The molecule has 6 rings (SSSR count). The fraction of sp³-hybridized carbons (Fsp3) is 0.400. The third kappa shape index (κ3) is 4.93. The van der Waals surface area contributed by atoms with Gasteiger partial charge in [0.25, 0.3) is 0 Å². The van der Waals surface area contributed by atoms with Gasteiger partial charge < -0.3 is 25.1 Å². The molecular weight excluding hydrogens is 462 g/mol. The van der Waals surface area contributed by atoms with Crippen LogP contribution < -0.4 is 15.8 Å². The molecule has 1 aliphatic carbocycles. The highest BCUT2D eigenvalue weighted by Gasteiger charge is 2.34. The van der Waals surface area contributed by atoms with Crippen molar-refractivity contribution in [3.05, 3.63) is 72.2 Å². The van der Waals surface area contributed by atoms with Crippen LogP contribution in [-0.2, 0) is 11.3 Å². The Morgan fingerprint density at radius 1 is 1.05 bits per heavy atom. The van der Waals surface area contributed by atoms with Crippen molar-refractivity contribution >= 4 is 16.9 Å². The molecule has 2 aromatic carbocycles. The summed E-state index contributed by atoms with van der Waals surface area (Å²) in [5.74, 6) is 2.04. The Hall–Kier alpha value is -3.42. The van der Waals surface area contributed by atoms with E-state index in [9.17, 15) is 0 Å². The molecule has 0 radical (unpaired) electrons. The molecule has 0 unspecified atom stereocenters. The molecule has 3 heterocycles. The lowest BCUT2D eigenvalue weighted by Crippen LogP contribution is -2.41. The van der Waals surface area contributed by atoms with E-state index in [-0.39, 0.29) is 0 Å². The fourth-order valence-electron chi connectivity index (χ4n) is 5.87. The van der Waals surface area contributed by atoms with Crippen LogP contribution in [0.25, 0.3) is 22.2 Å². The molecular formula is C30H35N5O2. The monoisotopic (exact) mass is 497 g/mol. The number of aromatic nitrogens is 3. The van der Waals surface area contributed by atoms with E-state index < -0.39 is 0 Å². The van der Waals surface area contributed by atoms with Gasteiger partial charge in [0.2, 0.25) is 0 Å². The minimum atomic E-state index is 0.421. The SMILES string of the molecule is Cc1c(-c2cccc(OCc3ccccc3)c2)c2c(N)ncnc2n1[C@H]1C[C@H](CNC2CCOCC2)C1. The predicted octanol–water partition coefficient (Wildman–Crippen LogP) is 5.29. The van der Waals surface area contributed by atoms with Crippen molar-refractivity contribution in [2.75, 3.05) is 25.5 Å². The number of ether oxygens (including phenoxy) is 2. The van der Waals surface area contributed by atoms with Crippen LogP contribution in [0.4, 0.5) is 5.82 Å². The average Bonchev–Trinajstić information content (AvgIpc) is 3.21. The van der Waals surface area contributed by atoms with Crippen LogP contribution in [0.5, 0.6) is 5.75 Å². The van der Waals surface area contributed by atoms with E-state index in [1.165, 1.54) is 5.69 Å². The van der Waals surface area contributed by atoms with Gasteiger partial charge in [-0.05, 0) is 68.3 Å². The van der Waals surface area contributed by atoms with Crippen molar-refractivity contribution in [3.63, 3.8) is 0 Å². The molecule has 0 spiro atoms. The standard InChI is InChI=1S/C30H35N5O2/c1-20-27(23-8-5-9-26(16-23)37-18-21-6-3-2-4-7-21)28-29(31)33-19-34-30(28)35(20)25-14-22(15-25)17-32-24-10-12-36-13-11-24/h2-9,16,19,22,24-25,32H,10-15,17-18H2,1H3,(H2,31,33,34)/t22-,25-. The molecule has 0 bridgehead atoms. The van der Waals surface area contributed by atoms with Gasteiger partial charge in [-0.15, -0.1) is 0 Å². The number of nitrogen functional groups attached to an aromatic ring is 1. The Balaban J connectivity index is 1.23. The summed E-state index contributed by atoms with van der Waals surface area (Å²) in [5, 5.41) is 4.70. The maximum absolute atomic E-state index is 6.45. The lowest BCUT2D eigenvalue weighted by molar-refractivity contribution is 0.0737. The van der Waals surface area contributed by atoms with Crippen molar-refractivity contribution in [3.8, 4) is 16.9 Å². The number of hydrogen-bond donors (Lipinski definition) is 2. The first kappa shape index (κ1) is 23.9. The smallest absolute Gasteiger partial charge is 0.146 e. The molecule has 2 aliphatic rings. The highest BCUT2D eigenvalue weighted by molar-refractivity contribution is 6.02. The van der Waals surface area contributed by atoms with Crippen molar-refractivity contribution < 1.29 is 9.47 Å². The normalized spacial score (nSPS) is 20.1. The Bertz CT molecular complexity index is 1360. The molecule has 1 saturated heterocycles. The summed E-state index contributed by atoms with van der Waals surface area (Å²) in [7, 11) is 0. The number of benzene rings is 2. The number of anilines is 1. The second-order valence-corrected chi connectivity index (χ2v) is 10.4. The lowest BCUT2D eigenvalue weighted by atomic mass is 9.79. The Labute approximate surface area is 218 Å². The molecule has 37 heavy (non-hydrogen) atoms. The van der Waals surface area contributed by atoms with Gasteiger partial charge in [-0.1, -0.05) is 42.5 Å². The molecule has 7 heteroatoms. The Morgan fingerprint density at radius 3 is 2.68 bits per heavy atom. The van der Waals surface area contributed by atoms with E-state index in [2.05, 4.69) is 46.1 Å². The first-order valence-electron chi connectivity index (χ1n) is 13.4. The molecule has 2 fully saturated rings. The number of fused-ring (bicyclic) bond motifs is 1. The van der Waals surface area contributed by atoms with Gasteiger partial charge in [0, 0.05) is 36.6 Å². The minimum Gasteiger partial charge on any atom is -0.489 e. The quantitative estimate of drug-likeness (QED) is 0.344. The molecule has 7 nitrogen and oxygen atoms in total. The molecule has 0 amide bonds.